The van der Waals surface area contributed by atoms with E-state index in [-0.39, 0.29) is 27.9 Å². The summed E-state index contributed by atoms with van der Waals surface area (Å²) in [6.07, 6.45) is 4.34. The monoisotopic (exact) mass is 471 g/mol. The van der Waals surface area contributed by atoms with Gasteiger partial charge in [-0.2, -0.15) is 0 Å². The molecule has 0 spiro atoms. The van der Waals surface area contributed by atoms with Crippen LogP contribution in [0, 0.1) is 11.8 Å². The highest BCUT2D eigenvalue weighted by atomic mass is 16.4. The number of nitrogens with two attached hydrogens (primary N) is 1. The van der Waals surface area contributed by atoms with Crippen molar-refractivity contribution in [3.8, 4) is 0 Å². The molecule has 9 nitrogen and oxygen atoms in total. The van der Waals surface area contributed by atoms with E-state index in [0.29, 0.717) is 17.9 Å². The highest BCUT2D eigenvalue weighted by Crippen LogP contribution is 2.26. The molecule has 0 aliphatic heterocycles. The normalized spacial score (nSPS) is 12.0. The lowest BCUT2D eigenvalue weighted by Crippen LogP contribution is -2.22. The number of carbonyl (C=O) groups excluding carboxylic acids is 2. The first-order valence-corrected chi connectivity index (χ1v) is 10.7. The van der Waals surface area contributed by atoms with Gasteiger partial charge in [0, 0.05) is 5.69 Å². The van der Waals surface area contributed by atoms with Crippen LogP contribution in [-0.4, -0.2) is 34.1 Å². The van der Waals surface area contributed by atoms with Gasteiger partial charge in [0.15, 0.2) is 0 Å². The molecule has 0 saturated heterocycles. The van der Waals surface area contributed by atoms with Gasteiger partial charge in [-0.1, -0.05) is 45.7 Å². The minimum Gasteiger partial charge on any atom is -0.545 e. The fourth-order valence-electron chi connectivity index (χ4n) is 2.63. The van der Waals surface area contributed by atoms with Crippen molar-refractivity contribution in [1.29, 1.82) is 0 Å². The quantitative estimate of drug-likeness (QED) is 0.509. The van der Waals surface area contributed by atoms with Crippen molar-refractivity contribution in [1.82, 2.24) is 0 Å². The molecule has 0 amide bonds. The summed E-state index contributed by atoms with van der Waals surface area (Å²) in [5, 5.41) is 38.6. The van der Waals surface area contributed by atoms with Gasteiger partial charge in [0.05, 0.1) is 23.1 Å². The molecule has 2 aromatic carbocycles. The number of anilines is 1. The van der Waals surface area contributed by atoms with Crippen molar-refractivity contribution in [2.45, 2.75) is 46.5 Å². The SMILES string of the molecule is CC(C)CCc1cc(C(=O)[O-])ccc1C(=O)O.CC1CC1.Nc1cc(C(=O)[O-])ccc1C(=O)O. The lowest BCUT2D eigenvalue weighted by molar-refractivity contribution is -0.256. The summed E-state index contributed by atoms with van der Waals surface area (Å²) in [6.45, 7) is 6.34. The zero-order valence-corrected chi connectivity index (χ0v) is 19.4. The third-order valence-electron chi connectivity index (χ3n) is 4.95. The fourth-order valence-corrected chi connectivity index (χ4v) is 2.63. The van der Waals surface area contributed by atoms with E-state index in [1.807, 2.05) is 13.8 Å². The van der Waals surface area contributed by atoms with Gasteiger partial charge in [-0.3, -0.25) is 0 Å². The number of carboxylic acid groups (broad SMARTS) is 4. The Morgan fingerprint density at radius 3 is 1.71 bits per heavy atom. The van der Waals surface area contributed by atoms with Crippen molar-refractivity contribution < 1.29 is 39.6 Å². The van der Waals surface area contributed by atoms with Crippen molar-refractivity contribution in [2.24, 2.45) is 11.8 Å². The van der Waals surface area contributed by atoms with E-state index in [1.54, 1.807) is 0 Å². The topological polar surface area (TPSA) is 181 Å². The van der Waals surface area contributed by atoms with Crippen LogP contribution >= 0.6 is 0 Å². The number of aromatic carboxylic acids is 4. The Kier molecular flexibility index (Phi) is 10.7. The highest BCUT2D eigenvalue weighted by Gasteiger charge is 2.13. The first kappa shape index (κ1) is 28.2. The molecule has 34 heavy (non-hydrogen) atoms. The average molecular weight is 472 g/mol. The smallest absolute Gasteiger partial charge is 0.337 e. The lowest BCUT2D eigenvalue weighted by Gasteiger charge is -2.11. The Labute approximate surface area is 197 Å². The number of benzene rings is 2. The van der Waals surface area contributed by atoms with Crippen LogP contribution in [-0.2, 0) is 6.42 Å². The molecule has 0 aromatic heterocycles. The summed E-state index contributed by atoms with van der Waals surface area (Å²) in [7, 11) is 0. The molecule has 0 heterocycles. The Hall–Kier alpha value is -3.88. The number of carbonyl (C=O) groups is 4. The van der Waals surface area contributed by atoms with E-state index in [2.05, 4.69) is 6.92 Å². The molecule has 184 valence electrons. The zero-order chi connectivity index (χ0) is 26.0. The van der Waals surface area contributed by atoms with E-state index >= 15 is 0 Å². The summed E-state index contributed by atoms with van der Waals surface area (Å²) in [5.41, 5.74) is 5.68. The summed E-state index contributed by atoms with van der Waals surface area (Å²) in [5.74, 6) is -3.38. The molecule has 0 unspecified atom stereocenters. The third kappa shape index (κ3) is 9.72. The standard InChI is InChI=1S/C13H16O4.C8H7NO4.C4H8/c1-8(2)3-4-9-7-10(12(14)15)5-6-11(9)13(16)17;9-6-3-4(7(10)11)1-2-5(6)8(12)13;1-4-2-3-4/h5-8H,3-4H2,1-2H3,(H,14,15)(H,16,17);1-3H,9H2,(H,10,11)(H,12,13);4H,2-3H2,1H3/p-2. The average Bonchev–Trinajstić information content (AvgIpc) is 3.54. The maximum Gasteiger partial charge on any atom is 0.337 e. The highest BCUT2D eigenvalue weighted by molar-refractivity contribution is 5.96. The number of carboxylic acids is 4. The molecule has 2 aromatic rings. The number of nitrogen functional groups attached to an aromatic ring is 1. The minimum atomic E-state index is -1.39. The largest absolute Gasteiger partial charge is 0.545 e. The summed E-state index contributed by atoms with van der Waals surface area (Å²) < 4.78 is 0. The maximum atomic E-state index is 11.0. The van der Waals surface area contributed by atoms with Gasteiger partial charge < -0.3 is 35.7 Å². The van der Waals surface area contributed by atoms with E-state index in [4.69, 9.17) is 15.9 Å². The first-order chi connectivity index (χ1) is 15.8. The molecule has 9 heteroatoms. The van der Waals surface area contributed by atoms with Gasteiger partial charge in [-0.05, 0) is 65.6 Å². The van der Waals surface area contributed by atoms with Crippen LogP contribution in [0.25, 0.3) is 0 Å². The van der Waals surface area contributed by atoms with Gasteiger partial charge in [-0.15, -0.1) is 0 Å². The second-order valence-corrected chi connectivity index (χ2v) is 8.47. The Morgan fingerprint density at radius 1 is 0.912 bits per heavy atom. The summed E-state index contributed by atoms with van der Waals surface area (Å²) in [6, 6.07) is 7.29. The van der Waals surface area contributed by atoms with Crippen LogP contribution in [0.3, 0.4) is 0 Å². The van der Waals surface area contributed by atoms with Gasteiger partial charge in [0.2, 0.25) is 0 Å². The zero-order valence-electron chi connectivity index (χ0n) is 19.4. The number of hydrogen-bond donors (Lipinski definition) is 3. The molecule has 1 saturated carbocycles. The summed E-state index contributed by atoms with van der Waals surface area (Å²) >= 11 is 0. The Balaban J connectivity index is 0.000000298. The molecule has 4 N–H and O–H groups in total. The minimum absolute atomic E-state index is 0.0220. The van der Waals surface area contributed by atoms with Gasteiger partial charge >= 0.3 is 11.9 Å². The molecule has 0 radical (unpaired) electrons. The predicted molar refractivity (Wildman–Crippen MR) is 121 cm³/mol. The van der Waals surface area contributed by atoms with Crippen molar-refractivity contribution in [3.63, 3.8) is 0 Å². The molecular weight excluding hydrogens is 442 g/mol. The first-order valence-electron chi connectivity index (χ1n) is 10.7. The van der Waals surface area contributed by atoms with Gasteiger partial charge in [0.25, 0.3) is 0 Å². The number of hydrogen-bond acceptors (Lipinski definition) is 7. The number of aryl methyl sites for hydroxylation is 1. The van der Waals surface area contributed by atoms with Crippen LogP contribution < -0.4 is 15.9 Å². The molecule has 1 fully saturated rings. The molecule has 1 aliphatic rings. The molecule has 0 atom stereocenters. The van der Waals surface area contributed by atoms with E-state index in [0.717, 1.165) is 30.5 Å². The predicted octanol–water partition coefficient (Wildman–Crippen LogP) is 2.08. The molecular formula is C25H29NO8-2. The fraction of sp³-hybridized carbons (Fsp3) is 0.360. The van der Waals surface area contributed by atoms with Gasteiger partial charge in [0.1, 0.15) is 0 Å². The van der Waals surface area contributed by atoms with E-state index < -0.39 is 23.9 Å². The molecule has 0 bridgehead atoms. The van der Waals surface area contributed by atoms with Crippen LogP contribution in [0.4, 0.5) is 5.69 Å². The number of rotatable bonds is 7. The van der Waals surface area contributed by atoms with Crippen LogP contribution in [0.15, 0.2) is 36.4 Å². The molecule has 3 rings (SSSR count). The van der Waals surface area contributed by atoms with Crippen LogP contribution in [0.5, 0.6) is 0 Å². The Bertz CT molecular complexity index is 1040. The van der Waals surface area contributed by atoms with Crippen molar-refractivity contribution >= 4 is 29.6 Å². The van der Waals surface area contributed by atoms with Gasteiger partial charge in [-0.25, -0.2) is 9.59 Å². The second kappa shape index (κ2) is 13.0. The van der Waals surface area contributed by atoms with Crippen LogP contribution in [0.1, 0.15) is 87.0 Å². The molecule has 1 aliphatic carbocycles. The second-order valence-electron chi connectivity index (χ2n) is 8.47. The van der Waals surface area contributed by atoms with E-state index in [1.165, 1.54) is 31.0 Å². The van der Waals surface area contributed by atoms with E-state index in [9.17, 15) is 29.4 Å². The maximum absolute atomic E-state index is 11.0. The lowest BCUT2D eigenvalue weighted by atomic mass is 9.96. The Morgan fingerprint density at radius 2 is 1.35 bits per heavy atom. The third-order valence-corrected chi connectivity index (χ3v) is 4.95. The summed E-state index contributed by atoms with van der Waals surface area (Å²) in [4.78, 5) is 42.5. The van der Waals surface area contributed by atoms with Crippen molar-refractivity contribution in [2.75, 3.05) is 5.73 Å². The van der Waals surface area contributed by atoms with Crippen LogP contribution in [0.2, 0.25) is 0 Å². The van der Waals surface area contributed by atoms with Crippen molar-refractivity contribution in [3.05, 3.63) is 64.2 Å².